The number of aryl methyl sites for hydroxylation is 1. The Bertz CT molecular complexity index is 342. The van der Waals surface area contributed by atoms with Gasteiger partial charge in [0.2, 0.25) is 0 Å². The van der Waals surface area contributed by atoms with Crippen LogP contribution in [-0.2, 0) is 0 Å². The SMILES string of the molecule is Cc1cc(Cl)cc([C@H](N)CCCN)c1O. The van der Waals surface area contributed by atoms with Crippen LogP contribution in [0.15, 0.2) is 12.1 Å². The van der Waals surface area contributed by atoms with Gasteiger partial charge in [-0.15, -0.1) is 0 Å². The van der Waals surface area contributed by atoms with Crippen LogP contribution < -0.4 is 11.5 Å². The number of nitrogens with two attached hydrogens (primary N) is 2. The number of hydrogen-bond donors (Lipinski definition) is 3. The van der Waals surface area contributed by atoms with Gasteiger partial charge in [-0.1, -0.05) is 11.6 Å². The van der Waals surface area contributed by atoms with Crippen LogP contribution in [0.4, 0.5) is 0 Å². The Morgan fingerprint density at radius 2 is 2.13 bits per heavy atom. The fourth-order valence-electron chi connectivity index (χ4n) is 1.54. The van der Waals surface area contributed by atoms with Crippen molar-refractivity contribution in [2.24, 2.45) is 11.5 Å². The van der Waals surface area contributed by atoms with Gasteiger partial charge in [0.1, 0.15) is 5.75 Å². The summed E-state index contributed by atoms with van der Waals surface area (Å²) in [7, 11) is 0. The molecule has 1 aromatic carbocycles. The quantitative estimate of drug-likeness (QED) is 0.739. The Kier molecular flexibility index (Phi) is 4.39. The van der Waals surface area contributed by atoms with Crippen molar-refractivity contribution < 1.29 is 5.11 Å². The summed E-state index contributed by atoms with van der Waals surface area (Å²) in [6.45, 7) is 2.41. The van der Waals surface area contributed by atoms with Crippen LogP contribution in [0, 0.1) is 6.92 Å². The Hall–Kier alpha value is -0.770. The molecule has 0 fully saturated rings. The first-order valence-corrected chi connectivity index (χ1v) is 5.38. The van der Waals surface area contributed by atoms with E-state index in [0.29, 0.717) is 17.1 Å². The fourth-order valence-corrected chi connectivity index (χ4v) is 1.82. The van der Waals surface area contributed by atoms with Crippen LogP contribution in [0.25, 0.3) is 0 Å². The third-order valence-corrected chi connectivity index (χ3v) is 2.63. The highest BCUT2D eigenvalue weighted by molar-refractivity contribution is 6.30. The molecule has 0 bridgehead atoms. The van der Waals surface area contributed by atoms with Crippen molar-refractivity contribution >= 4 is 11.6 Å². The Balaban J connectivity index is 2.92. The van der Waals surface area contributed by atoms with E-state index in [1.807, 2.05) is 0 Å². The van der Waals surface area contributed by atoms with E-state index in [2.05, 4.69) is 0 Å². The molecule has 0 aliphatic heterocycles. The summed E-state index contributed by atoms with van der Waals surface area (Å²) in [5.74, 6) is 0.240. The normalized spacial score (nSPS) is 12.8. The number of phenols is 1. The van der Waals surface area contributed by atoms with Crippen molar-refractivity contribution in [3.05, 3.63) is 28.3 Å². The summed E-state index contributed by atoms with van der Waals surface area (Å²) in [6, 6.07) is 3.23. The molecule has 1 atom stereocenters. The molecule has 15 heavy (non-hydrogen) atoms. The van der Waals surface area contributed by atoms with Crippen molar-refractivity contribution in [2.75, 3.05) is 6.54 Å². The second-order valence-corrected chi connectivity index (χ2v) is 4.13. The highest BCUT2D eigenvalue weighted by atomic mass is 35.5. The van der Waals surface area contributed by atoms with Gasteiger partial charge in [-0.25, -0.2) is 0 Å². The molecule has 1 rings (SSSR count). The van der Waals surface area contributed by atoms with Crippen LogP contribution in [-0.4, -0.2) is 11.7 Å². The zero-order chi connectivity index (χ0) is 11.4. The van der Waals surface area contributed by atoms with E-state index in [1.54, 1.807) is 19.1 Å². The van der Waals surface area contributed by atoms with Gasteiger partial charge in [0.05, 0.1) is 0 Å². The van der Waals surface area contributed by atoms with Crippen LogP contribution in [0.1, 0.15) is 30.0 Å². The van der Waals surface area contributed by atoms with Crippen molar-refractivity contribution in [1.82, 2.24) is 0 Å². The average Bonchev–Trinajstić information content (AvgIpc) is 2.19. The van der Waals surface area contributed by atoms with Crippen molar-refractivity contribution in [3.8, 4) is 5.75 Å². The van der Waals surface area contributed by atoms with E-state index in [1.165, 1.54) is 0 Å². The van der Waals surface area contributed by atoms with E-state index < -0.39 is 0 Å². The number of halogens is 1. The highest BCUT2D eigenvalue weighted by Crippen LogP contribution is 2.31. The third kappa shape index (κ3) is 3.09. The summed E-state index contributed by atoms with van der Waals surface area (Å²) in [5, 5.41) is 10.4. The average molecular weight is 229 g/mol. The molecular weight excluding hydrogens is 212 g/mol. The van der Waals surface area contributed by atoms with Gasteiger partial charge >= 0.3 is 0 Å². The maximum Gasteiger partial charge on any atom is 0.123 e. The summed E-state index contributed by atoms with van der Waals surface area (Å²) < 4.78 is 0. The van der Waals surface area contributed by atoms with Crippen LogP contribution in [0.2, 0.25) is 5.02 Å². The second kappa shape index (κ2) is 5.35. The van der Waals surface area contributed by atoms with Gasteiger partial charge in [0.15, 0.2) is 0 Å². The number of rotatable bonds is 4. The molecule has 4 heteroatoms. The molecule has 0 heterocycles. The van der Waals surface area contributed by atoms with Gasteiger partial charge in [-0.05, 0) is 44.0 Å². The molecule has 0 radical (unpaired) electrons. The lowest BCUT2D eigenvalue weighted by molar-refractivity contribution is 0.453. The molecule has 3 nitrogen and oxygen atoms in total. The van der Waals surface area contributed by atoms with Crippen LogP contribution in [0.3, 0.4) is 0 Å². The van der Waals surface area contributed by atoms with E-state index in [4.69, 9.17) is 23.1 Å². The number of hydrogen-bond acceptors (Lipinski definition) is 3. The van der Waals surface area contributed by atoms with Gasteiger partial charge in [0, 0.05) is 16.6 Å². The molecule has 0 saturated carbocycles. The maximum absolute atomic E-state index is 9.82. The molecule has 0 aliphatic rings. The number of benzene rings is 1. The van der Waals surface area contributed by atoms with E-state index >= 15 is 0 Å². The van der Waals surface area contributed by atoms with Crippen molar-refractivity contribution in [3.63, 3.8) is 0 Å². The molecule has 0 saturated heterocycles. The smallest absolute Gasteiger partial charge is 0.123 e. The maximum atomic E-state index is 9.82. The fraction of sp³-hybridized carbons (Fsp3) is 0.455. The number of aromatic hydroxyl groups is 1. The first-order valence-electron chi connectivity index (χ1n) is 5.01. The Morgan fingerprint density at radius 1 is 1.47 bits per heavy atom. The lowest BCUT2D eigenvalue weighted by Gasteiger charge is -2.15. The predicted octanol–water partition coefficient (Wildman–Crippen LogP) is 2.09. The standard InChI is InChI=1S/C11H17ClN2O/c1-7-5-8(12)6-9(11(7)15)10(14)3-2-4-13/h5-6,10,15H,2-4,13-14H2,1H3/t10-/m1/s1. The third-order valence-electron chi connectivity index (χ3n) is 2.41. The largest absolute Gasteiger partial charge is 0.507 e. The van der Waals surface area contributed by atoms with Gasteiger partial charge in [-0.3, -0.25) is 0 Å². The summed E-state index contributed by atoms with van der Waals surface area (Å²) in [5.41, 5.74) is 12.8. The molecule has 0 unspecified atom stereocenters. The molecular formula is C11H17ClN2O. The predicted molar refractivity (Wildman–Crippen MR) is 63.1 cm³/mol. The Labute approximate surface area is 95.0 Å². The van der Waals surface area contributed by atoms with Gasteiger partial charge in [-0.2, -0.15) is 0 Å². The zero-order valence-corrected chi connectivity index (χ0v) is 9.59. The molecule has 1 aromatic rings. The summed E-state index contributed by atoms with van der Waals surface area (Å²) in [6.07, 6.45) is 1.59. The lowest BCUT2D eigenvalue weighted by atomic mass is 9.99. The van der Waals surface area contributed by atoms with E-state index in [9.17, 15) is 5.11 Å². The van der Waals surface area contributed by atoms with Crippen LogP contribution in [0.5, 0.6) is 5.75 Å². The molecule has 0 aliphatic carbocycles. The first kappa shape index (κ1) is 12.3. The minimum Gasteiger partial charge on any atom is -0.507 e. The molecule has 5 N–H and O–H groups in total. The van der Waals surface area contributed by atoms with Crippen molar-refractivity contribution in [1.29, 1.82) is 0 Å². The van der Waals surface area contributed by atoms with E-state index in [0.717, 1.165) is 18.4 Å². The van der Waals surface area contributed by atoms with Crippen LogP contribution >= 0.6 is 11.6 Å². The molecule has 0 aromatic heterocycles. The van der Waals surface area contributed by atoms with E-state index in [-0.39, 0.29) is 11.8 Å². The molecule has 0 spiro atoms. The molecule has 84 valence electrons. The second-order valence-electron chi connectivity index (χ2n) is 3.70. The van der Waals surface area contributed by atoms with Gasteiger partial charge < -0.3 is 16.6 Å². The van der Waals surface area contributed by atoms with Gasteiger partial charge in [0.25, 0.3) is 0 Å². The highest BCUT2D eigenvalue weighted by Gasteiger charge is 2.13. The first-order chi connectivity index (χ1) is 7.06. The number of phenolic OH excluding ortho intramolecular Hbond substituents is 1. The topological polar surface area (TPSA) is 72.3 Å². The minimum absolute atomic E-state index is 0.203. The van der Waals surface area contributed by atoms with Crippen molar-refractivity contribution in [2.45, 2.75) is 25.8 Å². The lowest BCUT2D eigenvalue weighted by Crippen LogP contribution is -2.13. The zero-order valence-electron chi connectivity index (χ0n) is 8.83. The molecule has 0 amide bonds. The Morgan fingerprint density at radius 3 is 2.73 bits per heavy atom. The summed E-state index contributed by atoms with van der Waals surface area (Å²) in [4.78, 5) is 0. The monoisotopic (exact) mass is 228 g/mol. The minimum atomic E-state index is -0.203. The summed E-state index contributed by atoms with van der Waals surface area (Å²) >= 11 is 5.91.